The van der Waals surface area contributed by atoms with Crippen LogP contribution in [0.15, 0.2) is 122 Å². The number of carbonyl (C=O) groups excluding carboxylic acids is 7. The number of carbonyl (C=O) groups is 7. The second kappa shape index (κ2) is 33.5. The van der Waals surface area contributed by atoms with Crippen LogP contribution in [0.5, 0.6) is 46.0 Å². The summed E-state index contributed by atoms with van der Waals surface area (Å²) in [6, 6.07) is 27.4. The van der Waals surface area contributed by atoms with Gasteiger partial charge in [-0.2, -0.15) is 0 Å². The Morgan fingerprint density at radius 1 is 0.441 bits per heavy atom. The molecular weight excluding hydrogens is 1400 g/mol. The van der Waals surface area contributed by atoms with Crippen LogP contribution in [-0.4, -0.2) is 137 Å². The van der Waals surface area contributed by atoms with E-state index in [0.717, 1.165) is 61.6 Å². The number of hydrogen-bond acceptors (Lipinski definition) is 15. The topological polar surface area (TPSA) is 206 Å². The third kappa shape index (κ3) is 15.6. The Morgan fingerprint density at radius 3 is 1.17 bits per heavy atom. The molecule has 9 aromatic carbocycles. The summed E-state index contributed by atoms with van der Waals surface area (Å²) in [6.07, 6.45) is 7.24. The van der Waals surface area contributed by atoms with Gasteiger partial charge < -0.3 is 52.6 Å². The SMILES string of the molecule is C=CC(=O)OC1CCCC(N(CCC)C(=O)C(CCOCC)N2Cc3cc(Oc4ccc(C)cc4C)c4c5c(Oc6ccc(C)cc6C)cc6c7c(cc(Oc8ccc(C)cc8C)c(c8c(Oc9ccc(C)cc9C)cc(c3c48)C2=O)c75)C(=O)N(C(CCOCC)C(=O)N(CCC)C2CCCC(OC(=O)C=C)C2)C6=O)C1. The first-order valence-corrected chi connectivity index (χ1v) is 39.4. The molecule has 0 aromatic heterocycles. The molecule has 111 heavy (non-hydrogen) atoms. The minimum atomic E-state index is -1.40. The smallest absolute Gasteiger partial charge is 0.330 e. The van der Waals surface area contributed by atoms with Crippen molar-refractivity contribution in [3.8, 4) is 46.0 Å². The fourth-order valence-corrected chi connectivity index (χ4v) is 17.3. The van der Waals surface area contributed by atoms with E-state index in [1.54, 1.807) is 28.0 Å². The number of aryl methyl sites for hydroxylation is 8. The Bertz CT molecular complexity index is 5050. The number of imide groups is 1. The lowest BCUT2D eigenvalue weighted by Crippen LogP contribution is -2.57. The van der Waals surface area contributed by atoms with Gasteiger partial charge in [0.25, 0.3) is 17.7 Å². The average Bonchev–Trinajstić information content (AvgIpc) is 0.671. The van der Waals surface area contributed by atoms with E-state index in [1.807, 2.05) is 167 Å². The van der Waals surface area contributed by atoms with Gasteiger partial charge in [0.1, 0.15) is 70.3 Å². The van der Waals surface area contributed by atoms with E-state index in [4.69, 9.17) is 37.9 Å². The third-order valence-corrected chi connectivity index (χ3v) is 22.4. The van der Waals surface area contributed by atoms with E-state index in [-0.39, 0.29) is 90.4 Å². The molecule has 2 saturated carbocycles. The summed E-state index contributed by atoms with van der Waals surface area (Å²) in [6.45, 7) is 32.2. The van der Waals surface area contributed by atoms with Crippen molar-refractivity contribution >= 4 is 84.6 Å². The lowest BCUT2D eigenvalue weighted by molar-refractivity contribution is -0.149. The molecule has 0 bridgehead atoms. The number of ether oxygens (including phenoxy) is 8. The van der Waals surface area contributed by atoms with E-state index in [1.165, 1.54) is 0 Å². The van der Waals surface area contributed by atoms with Gasteiger partial charge in [0.05, 0.1) is 16.7 Å². The van der Waals surface area contributed by atoms with Crippen molar-refractivity contribution in [3.63, 3.8) is 0 Å². The molecule has 0 radical (unpaired) electrons. The lowest BCUT2D eigenvalue weighted by Gasteiger charge is -2.42. The molecule has 4 aliphatic rings. The monoisotopic (exact) mass is 1500 g/mol. The van der Waals surface area contributed by atoms with E-state index in [9.17, 15) is 9.59 Å². The van der Waals surface area contributed by atoms with Gasteiger partial charge in [-0.25, -0.2) is 9.59 Å². The van der Waals surface area contributed by atoms with Crippen LogP contribution < -0.4 is 18.9 Å². The predicted molar refractivity (Wildman–Crippen MR) is 430 cm³/mol. The molecule has 0 N–H and O–H groups in total. The van der Waals surface area contributed by atoms with Gasteiger partial charge in [-0.05, 0) is 197 Å². The first-order chi connectivity index (χ1) is 53.5. The molecular formula is C92H102N4O15. The second-order valence-electron chi connectivity index (χ2n) is 30.4. The molecule has 2 heterocycles. The molecule has 6 unspecified atom stereocenters. The van der Waals surface area contributed by atoms with Gasteiger partial charge in [0.2, 0.25) is 11.8 Å². The quantitative estimate of drug-likeness (QED) is 0.0102. The van der Waals surface area contributed by atoms with Gasteiger partial charge in [-0.15, -0.1) is 0 Å². The minimum absolute atomic E-state index is 0.0208. The van der Waals surface area contributed by atoms with Crippen molar-refractivity contribution in [1.82, 2.24) is 19.6 Å². The summed E-state index contributed by atoms with van der Waals surface area (Å²) in [5, 5.41) is 3.35. The third-order valence-electron chi connectivity index (χ3n) is 22.4. The number of nitrogens with zero attached hydrogens (tertiary/aromatic N) is 4. The Labute approximate surface area is 650 Å². The zero-order chi connectivity index (χ0) is 78.8. The van der Waals surface area contributed by atoms with Gasteiger partial charge in [0, 0.05) is 139 Å². The Morgan fingerprint density at radius 2 is 0.802 bits per heavy atom. The van der Waals surface area contributed by atoms with Crippen LogP contribution in [0.2, 0.25) is 0 Å². The van der Waals surface area contributed by atoms with Crippen molar-refractivity contribution in [1.29, 1.82) is 0 Å². The van der Waals surface area contributed by atoms with Crippen LogP contribution in [0.4, 0.5) is 0 Å². The molecule has 9 aromatic rings. The molecule has 0 spiro atoms. The highest BCUT2D eigenvalue weighted by atomic mass is 16.5. The minimum Gasteiger partial charge on any atom is -0.459 e. The molecule has 2 aliphatic heterocycles. The maximum absolute atomic E-state index is 16.9. The fraction of sp³-hybridized carbons (Fsp3) is 0.402. The van der Waals surface area contributed by atoms with Crippen LogP contribution in [-0.2, 0) is 44.7 Å². The van der Waals surface area contributed by atoms with Crippen molar-refractivity contribution in [2.24, 2.45) is 0 Å². The van der Waals surface area contributed by atoms with Crippen molar-refractivity contribution in [3.05, 3.63) is 189 Å². The second-order valence-corrected chi connectivity index (χ2v) is 30.4. The van der Waals surface area contributed by atoms with Gasteiger partial charge in [0.15, 0.2) is 0 Å². The van der Waals surface area contributed by atoms with Crippen LogP contribution in [0.3, 0.4) is 0 Å². The highest BCUT2D eigenvalue weighted by Crippen LogP contribution is 2.59. The maximum atomic E-state index is 16.9. The maximum Gasteiger partial charge on any atom is 0.330 e. The zero-order valence-corrected chi connectivity index (χ0v) is 66.1. The van der Waals surface area contributed by atoms with Crippen molar-refractivity contribution < 1.29 is 71.5 Å². The molecule has 6 atom stereocenters. The molecule has 2 fully saturated rings. The van der Waals surface area contributed by atoms with E-state index in [0.29, 0.717) is 156 Å². The van der Waals surface area contributed by atoms with E-state index in [2.05, 4.69) is 13.2 Å². The van der Waals surface area contributed by atoms with Gasteiger partial charge >= 0.3 is 11.9 Å². The highest BCUT2D eigenvalue weighted by Gasteiger charge is 2.48. The molecule has 0 saturated heterocycles. The summed E-state index contributed by atoms with van der Waals surface area (Å²) in [4.78, 5) is 115. The van der Waals surface area contributed by atoms with Crippen molar-refractivity contribution in [2.75, 3.05) is 39.5 Å². The van der Waals surface area contributed by atoms with E-state index >= 15 is 24.0 Å². The van der Waals surface area contributed by atoms with Crippen LogP contribution in [0.25, 0.3) is 43.1 Å². The Kier molecular flexibility index (Phi) is 23.7. The number of amides is 5. The molecule has 19 nitrogen and oxygen atoms in total. The number of benzene rings is 9. The summed E-state index contributed by atoms with van der Waals surface area (Å²) < 4.78 is 53.9. The molecule has 19 heteroatoms. The summed E-state index contributed by atoms with van der Waals surface area (Å²) in [5.74, 6) is -1.02. The highest BCUT2D eigenvalue weighted by molar-refractivity contribution is 6.43. The zero-order valence-electron chi connectivity index (χ0n) is 66.1. The number of esters is 2. The average molecular weight is 1500 g/mol. The summed E-state index contributed by atoms with van der Waals surface area (Å²) in [5.41, 5.74) is 8.04. The first kappa shape index (κ1) is 78.5. The van der Waals surface area contributed by atoms with Crippen LogP contribution in [0, 0.1) is 55.4 Å². The van der Waals surface area contributed by atoms with Crippen LogP contribution in [0.1, 0.15) is 186 Å². The number of fused-ring (bicyclic) bond motifs is 2. The largest absolute Gasteiger partial charge is 0.459 e. The lowest BCUT2D eigenvalue weighted by atomic mass is 9.80. The fourth-order valence-electron chi connectivity index (χ4n) is 17.3. The number of hydrogen-bond donors (Lipinski definition) is 0. The van der Waals surface area contributed by atoms with Gasteiger partial charge in [-0.1, -0.05) is 97.8 Å². The molecule has 5 amide bonds. The predicted octanol–water partition coefficient (Wildman–Crippen LogP) is 19.1. The van der Waals surface area contributed by atoms with Crippen LogP contribution >= 0.6 is 0 Å². The molecule has 2 aliphatic carbocycles. The summed E-state index contributed by atoms with van der Waals surface area (Å²) >= 11 is 0. The Balaban J connectivity index is 1.14. The van der Waals surface area contributed by atoms with E-state index < -0.39 is 65.9 Å². The standard InChI is InChI=1S/C92H102N4O15/c1-15-37-93(61-23-21-25-63(46-61)106-78(97)17-3)91(102)68(35-39-104-19-5)95-51-60-45-74(108-70-31-27-52(7)41-56(70)11)82-84-76(110-72-33-29-54(9)43-58(72)13)49-66-81-67(90(101)96(89(66)100)69(36-40-105-20-6)92(103)94(38-16-2)62-24-22-26-64(47-62)107-79(98)18-4)50-77(111-73-34-30-55(10)44-59(73)14)85(87(81)84)83-75(48-65(88(95)99)80(60)86(82)83)109-71-32-28-53(8)42-57(71)12/h17-18,27-34,41-45,48-50,61-64,68-69H,3-4,15-16,19-26,35-40,46-47,51H2,1-2,5-14H3. The first-order valence-electron chi connectivity index (χ1n) is 39.4. The molecule has 580 valence electrons. The number of rotatable bonds is 30. The Hall–Kier alpha value is -10.6. The van der Waals surface area contributed by atoms with Gasteiger partial charge in [-0.3, -0.25) is 28.9 Å². The normalized spacial score (nSPS) is 17.5. The summed E-state index contributed by atoms with van der Waals surface area (Å²) in [7, 11) is 0. The van der Waals surface area contributed by atoms with Crippen molar-refractivity contribution in [2.45, 2.75) is 203 Å². The molecule has 13 rings (SSSR count).